The number of ketones is 1. The number of hydrogen-bond acceptors (Lipinski definition) is 5. The summed E-state index contributed by atoms with van der Waals surface area (Å²) in [4.78, 5) is 53.2. The molecular weight excluding hydrogens is 474 g/mol. The van der Waals surface area contributed by atoms with Crippen LogP contribution < -0.4 is 10.6 Å². The first-order valence-electron chi connectivity index (χ1n) is 12.0. The zero-order chi connectivity index (χ0) is 25.3. The number of Topliss-reactive ketones (excluding diaryl/α,β-unsaturated/α-hetero) is 1. The fourth-order valence-corrected chi connectivity index (χ4v) is 5.02. The van der Waals surface area contributed by atoms with Crippen LogP contribution >= 0.6 is 11.3 Å². The molecule has 1 fully saturated rings. The zero-order valence-corrected chi connectivity index (χ0v) is 20.7. The molecule has 0 spiro atoms. The highest BCUT2D eigenvalue weighted by Gasteiger charge is 2.38. The summed E-state index contributed by atoms with van der Waals surface area (Å²) in [5, 5.41) is 9.42. The third-order valence-electron chi connectivity index (χ3n) is 6.25. The predicted molar refractivity (Wildman–Crippen MR) is 138 cm³/mol. The molecule has 2 aromatic carbocycles. The standard InChI is InChI=1S/C28H29N3O4S/c32-25-12-11-24(31(25)18-21-9-5-2-6-10-21)27(34)30-23(17-20-7-3-1-4-8-20)26(33)28(35)29-15-13-22-14-16-36-19-22/h1-10,14,16,19,23-24H,11-13,15,17-18H2,(H,29,35)(H,30,34). The molecule has 4 rings (SSSR count). The number of likely N-dealkylation sites (tertiary alicyclic amines) is 1. The van der Waals surface area contributed by atoms with Crippen LogP contribution in [-0.2, 0) is 38.6 Å². The summed E-state index contributed by atoms with van der Waals surface area (Å²) in [6.07, 6.45) is 1.45. The third kappa shape index (κ3) is 6.66. The maximum absolute atomic E-state index is 13.3. The number of amides is 3. The molecule has 1 aromatic heterocycles. The number of nitrogens with one attached hydrogen (secondary N) is 2. The number of thiophene rings is 1. The minimum atomic E-state index is -1.03. The number of hydrogen-bond donors (Lipinski definition) is 2. The number of carbonyl (C=O) groups is 4. The van der Waals surface area contributed by atoms with E-state index in [1.54, 1.807) is 16.2 Å². The molecule has 186 valence electrons. The lowest BCUT2D eigenvalue weighted by molar-refractivity contribution is -0.141. The van der Waals surface area contributed by atoms with Crippen molar-refractivity contribution in [1.29, 1.82) is 0 Å². The Balaban J connectivity index is 1.44. The predicted octanol–water partition coefficient (Wildman–Crippen LogP) is 2.89. The fourth-order valence-electron chi connectivity index (χ4n) is 4.31. The van der Waals surface area contributed by atoms with Crippen molar-refractivity contribution >= 4 is 34.8 Å². The first-order valence-corrected chi connectivity index (χ1v) is 13.0. The van der Waals surface area contributed by atoms with E-state index >= 15 is 0 Å². The van der Waals surface area contributed by atoms with Crippen molar-refractivity contribution in [3.05, 3.63) is 94.2 Å². The second-order valence-corrected chi connectivity index (χ2v) is 9.59. The highest BCUT2D eigenvalue weighted by Crippen LogP contribution is 2.22. The van der Waals surface area contributed by atoms with Gasteiger partial charge in [-0.1, -0.05) is 60.7 Å². The van der Waals surface area contributed by atoms with E-state index < -0.39 is 29.7 Å². The van der Waals surface area contributed by atoms with Crippen molar-refractivity contribution in [3.63, 3.8) is 0 Å². The molecule has 8 heteroatoms. The largest absolute Gasteiger partial charge is 0.349 e. The van der Waals surface area contributed by atoms with Crippen molar-refractivity contribution in [3.8, 4) is 0 Å². The van der Waals surface area contributed by atoms with E-state index in [4.69, 9.17) is 0 Å². The maximum atomic E-state index is 13.3. The Bertz CT molecular complexity index is 1180. The molecule has 2 atom stereocenters. The molecule has 1 saturated heterocycles. The highest BCUT2D eigenvalue weighted by molar-refractivity contribution is 7.07. The lowest BCUT2D eigenvalue weighted by atomic mass is 10.0. The molecule has 2 N–H and O–H groups in total. The summed E-state index contributed by atoms with van der Waals surface area (Å²) in [5.74, 6) is -1.94. The molecule has 7 nitrogen and oxygen atoms in total. The van der Waals surface area contributed by atoms with Gasteiger partial charge in [0.25, 0.3) is 5.91 Å². The first kappa shape index (κ1) is 25.3. The Morgan fingerprint density at radius 2 is 1.64 bits per heavy atom. The maximum Gasteiger partial charge on any atom is 0.289 e. The lowest BCUT2D eigenvalue weighted by Crippen LogP contribution is -2.53. The van der Waals surface area contributed by atoms with Gasteiger partial charge in [-0.25, -0.2) is 0 Å². The Labute approximate surface area is 214 Å². The van der Waals surface area contributed by atoms with Crippen LogP contribution in [-0.4, -0.2) is 47.0 Å². The van der Waals surface area contributed by atoms with Gasteiger partial charge in [-0.2, -0.15) is 11.3 Å². The van der Waals surface area contributed by atoms with Crippen LogP contribution in [0.15, 0.2) is 77.5 Å². The van der Waals surface area contributed by atoms with Crippen molar-refractivity contribution in [2.45, 2.75) is 44.3 Å². The summed E-state index contributed by atoms with van der Waals surface area (Å²) < 4.78 is 0. The van der Waals surface area contributed by atoms with Gasteiger partial charge in [0.1, 0.15) is 12.1 Å². The van der Waals surface area contributed by atoms with Gasteiger partial charge in [0, 0.05) is 25.9 Å². The third-order valence-corrected chi connectivity index (χ3v) is 6.98. The van der Waals surface area contributed by atoms with Crippen LogP contribution in [0.25, 0.3) is 0 Å². The van der Waals surface area contributed by atoms with E-state index in [1.165, 1.54) is 0 Å². The minimum absolute atomic E-state index is 0.101. The molecule has 0 saturated carbocycles. The van der Waals surface area contributed by atoms with E-state index in [-0.39, 0.29) is 18.7 Å². The van der Waals surface area contributed by atoms with E-state index in [0.29, 0.717) is 25.9 Å². The van der Waals surface area contributed by atoms with Crippen molar-refractivity contribution in [2.24, 2.45) is 0 Å². The average Bonchev–Trinajstić information content (AvgIpc) is 3.54. The Hall–Kier alpha value is -3.78. The molecule has 3 aromatic rings. The minimum Gasteiger partial charge on any atom is -0.349 e. The summed E-state index contributed by atoms with van der Waals surface area (Å²) in [6, 6.07) is 19.0. The summed E-state index contributed by atoms with van der Waals surface area (Å²) in [5.41, 5.74) is 2.84. The van der Waals surface area contributed by atoms with Gasteiger partial charge in [-0.3, -0.25) is 19.2 Å². The van der Waals surface area contributed by atoms with E-state index in [1.807, 2.05) is 77.5 Å². The Kier molecular flexibility index (Phi) is 8.62. The monoisotopic (exact) mass is 503 g/mol. The quantitative estimate of drug-likeness (QED) is 0.394. The molecule has 2 heterocycles. The van der Waals surface area contributed by atoms with Crippen molar-refractivity contribution in [2.75, 3.05) is 6.54 Å². The smallest absolute Gasteiger partial charge is 0.289 e. The van der Waals surface area contributed by atoms with Gasteiger partial charge in [-0.15, -0.1) is 0 Å². The van der Waals surface area contributed by atoms with Gasteiger partial charge >= 0.3 is 0 Å². The topological polar surface area (TPSA) is 95.6 Å². The second kappa shape index (κ2) is 12.3. The SMILES string of the molecule is O=C(NCCc1ccsc1)C(=O)C(Cc1ccccc1)NC(=O)C1CCC(=O)N1Cc1ccccc1. The summed E-state index contributed by atoms with van der Waals surface area (Å²) in [6.45, 7) is 0.646. The lowest BCUT2D eigenvalue weighted by Gasteiger charge is -2.26. The molecule has 36 heavy (non-hydrogen) atoms. The Morgan fingerprint density at radius 1 is 0.944 bits per heavy atom. The average molecular weight is 504 g/mol. The van der Waals surface area contributed by atoms with Gasteiger partial charge in [-0.05, 0) is 46.4 Å². The van der Waals surface area contributed by atoms with E-state index in [2.05, 4.69) is 10.6 Å². The molecule has 1 aliphatic heterocycles. The van der Waals surface area contributed by atoms with Crippen LogP contribution in [0, 0.1) is 0 Å². The van der Waals surface area contributed by atoms with Gasteiger partial charge in [0.2, 0.25) is 17.6 Å². The number of benzene rings is 2. The van der Waals surface area contributed by atoms with Crippen LogP contribution in [0.3, 0.4) is 0 Å². The van der Waals surface area contributed by atoms with Crippen LogP contribution in [0.2, 0.25) is 0 Å². The highest BCUT2D eigenvalue weighted by atomic mass is 32.1. The molecule has 0 aliphatic carbocycles. The first-order chi connectivity index (χ1) is 17.5. The van der Waals surface area contributed by atoms with Crippen LogP contribution in [0.1, 0.15) is 29.5 Å². The molecule has 1 aliphatic rings. The van der Waals surface area contributed by atoms with E-state index in [9.17, 15) is 19.2 Å². The van der Waals surface area contributed by atoms with Crippen molar-refractivity contribution in [1.82, 2.24) is 15.5 Å². The number of nitrogens with zero attached hydrogens (tertiary/aromatic N) is 1. The molecular formula is C28H29N3O4S. The molecule has 0 bridgehead atoms. The van der Waals surface area contributed by atoms with E-state index in [0.717, 1.165) is 16.7 Å². The van der Waals surface area contributed by atoms with Gasteiger partial charge < -0.3 is 15.5 Å². The van der Waals surface area contributed by atoms with Crippen molar-refractivity contribution < 1.29 is 19.2 Å². The van der Waals surface area contributed by atoms with Crippen LogP contribution in [0.4, 0.5) is 0 Å². The Morgan fingerprint density at radius 3 is 2.31 bits per heavy atom. The molecule has 0 radical (unpaired) electrons. The fraction of sp³-hybridized carbons (Fsp3) is 0.286. The molecule has 2 unspecified atom stereocenters. The van der Waals surface area contributed by atoms with Gasteiger partial charge in [0.15, 0.2) is 0 Å². The van der Waals surface area contributed by atoms with Gasteiger partial charge in [0.05, 0.1) is 0 Å². The molecule has 3 amide bonds. The van der Waals surface area contributed by atoms with Crippen LogP contribution in [0.5, 0.6) is 0 Å². The number of rotatable bonds is 11. The summed E-state index contributed by atoms with van der Waals surface area (Å²) in [7, 11) is 0. The number of carbonyl (C=O) groups excluding carboxylic acids is 4. The zero-order valence-electron chi connectivity index (χ0n) is 19.9. The normalized spacial score (nSPS) is 15.9. The summed E-state index contributed by atoms with van der Waals surface area (Å²) >= 11 is 1.58. The second-order valence-electron chi connectivity index (χ2n) is 8.81.